The Morgan fingerprint density at radius 1 is 1.00 bits per heavy atom. The first-order valence-electron chi connectivity index (χ1n) is 13.1. The van der Waals surface area contributed by atoms with Gasteiger partial charge in [0.15, 0.2) is 11.5 Å². The maximum atomic E-state index is 13.1. The summed E-state index contributed by atoms with van der Waals surface area (Å²) in [6.45, 7) is 2.27. The molecule has 0 atom stereocenters. The van der Waals surface area contributed by atoms with Gasteiger partial charge in [0.2, 0.25) is 5.91 Å². The van der Waals surface area contributed by atoms with Gasteiger partial charge in [-0.3, -0.25) is 19.3 Å². The molecule has 0 bridgehead atoms. The van der Waals surface area contributed by atoms with Crippen LogP contribution in [0.25, 0.3) is 16.8 Å². The Kier molecular flexibility index (Phi) is 9.33. The fourth-order valence-corrected chi connectivity index (χ4v) is 6.07. The van der Waals surface area contributed by atoms with Crippen molar-refractivity contribution >= 4 is 73.9 Å². The van der Waals surface area contributed by atoms with Gasteiger partial charge < -0.3 is 19.5 Å². The second kappa shape index (κ2) is 13.3. The van der Waals surface area contributed by atoms with E-state index in [0.717, 1.165) is 36.6 Å². The lowest BCUT2D eigenvalue weighted by molar-refractivity contribution is -0.127. The second-order valence-electron chi connectivity index (χ2n) is 9.23. The van der Waals surface area contributed by atoms with E-state index in [0.29, 0.717) is 41.7 Å². The van der Waals surface area contributed by atoms with Crippen LogP contribution in [0.4, 0.5) is 10.5 Å². The highest BCUT2D eigenvalue weighted by Gasteiger charge is 2.36. The monoisotopic (exact) mass is 694 g/mol. The number of nitrogens with one attached hydrogen (secondary N) is 1. The van der Waals surface area contributed by atoms with Crippen LogP contribution in [0.5, 0.6) is 17.2 Å². The van der Waals surface area contributed by atoms with Gasteiger partial charge in [-0.05, 0) is 106 Å². The number of ether oxygens (including phenoxy) is 3. The Morgan fingerprint density at radius 3 is 2.52 bits per heavy atom. The molecule has 0 aromatic heterocycles. The summed E-state index contributed by atoms with van der Waals surface area (Å²) in [6.07, 6.45) is 1.63. The fraction of sp³-hybridized carbons (Fsp3) is 0.156. The van der Waals surface area contributed by atoms with Crippen molar-refractivity contribution in [1.82, 2.24) is 4.90 Å². The third-order valence-corrected chi connectivity index (χ3v) is 8.14. The van der Waals surface area contributed by atoms with Gasteiger partial charge in [0.1, 0.15) is 18.9 Å². The molecule has 1 aliphatic rings. The second-order valence-corrected chi connectivity index (χ2v) is 11.4. The molecule has 1 N–H and O–H groups in total. The van der Waals surface area contributed by atoms with Gasteiger partial charge in [-0.1, -0.05) is 42.5 Å². The first-order valence-corrected chi connectivity index (χ1v) is 15.0. The molecule has 0 aliphatic carbocycles. The maximum absolute atomic E-state index is 13.1. The molecule has 0 radical (unpaired) electrons. The van der Waals surface area contributed by atoms with Crippen LogP contribution in [0.2, 0.25) is 0 Å². The summed E-state index contributed by atoms with van der Waals surface area (Å²) >= 11 is 2.97. The number of anilines is 1. The zero-order valence-corrected chi connectivity index (χ0v) is 25.9. The molecule has 8 nitrogen and oxygen atoms in total. The predicted octanol–water partition coefficient (Wildman–Crippen LogP) is 7.11. The van der Waals surface area contributed by atoms with Gasteiger partial charge in [0.25, 0.3) is 11.1 Å². The molecule has 3 amide bonds. The van der Waals surface area contributed by atoms with Crippen molar-refractivity contribution in [3.63, 3.8) is 0 Å². The number of rotatable bonds is 10. The van der Waals surface area contributed by atoms with Crippen molar-refractivity contribution in [2.45, 2.75) is 13.5 Å². The highest BCUT2D eigenvalue weighted by atomic mass is 127. The average Bonchev–Trinajstić information content (AvgIpc) is 3.24. The number of halogens is 1. The van der Waals surface area contributed by atoms with Crippen LogP contribution in [0.3, 0.4) is 0 Å². The third kappa shape index (κ3) is 6.71. The summed E-state index contributed by atoms with van der Waals surface area (Å²) in [5.74, 6) is 0.777. The summed E-state index contributed by atoms with van der Waals surface area (Å²) in [7, 11) is 1.55. The van der Waals surface area contributed by atoms with Crippen LogP contribution in [0, 0.1) is 3.57 Å². The number of imide groups is 1. The van der Waals surface area contributed by atoms with Crippen LogP contribution >= 0.6 is 34.4 Å². The molecule has 1 fully saturated rings. The van der Waals surface area contributed by atoms with Crippen LogP contribution < -0.4 is 19.5 Å². The number of benzene rings is 4. The van der Waals surface area contributed by atoms with Crippen LogP contribution in [0.15, 0.2) is 83.8 Å². The lowest BCUT2D eigenvalue weighted by atomic mass is 10.1. The van der Waals surface area contributed by atoms with Gasteiger partial charge in [-0.25, -0.2) is 0 Å². The molecule has 1 heterocycles. The molecule has 0 saturated carbocycles. The lowest BCUT2D eigenvalue weighted by Gasteiger charge is -2.16. The zero-order valence-electron chi connectivity index (χ0n) is 22.9. The Balaban J connectivity index is 1.31. The smallest absolute Gasteiger partial charge is 0.294 e. The van der Waals surface area contributed by atoms with Crippen molar-refractivity contribution in [3.8, 4) is 17.2 Å². The zero-order chi connectivity index (χ0) is 29.6. The molecule has 10 heteroatoms. The van der Waals surface area contributed by atoms with E-state index in [4.69, 9.17) is 14.2 Å². The van der Waals surface area contributed by atoms with Gasteiger partial charge in [-0.15, -0.1) is 0 Å². The molecule has 4 aromatic carbocycles. The number of hydrogen-bond donors (Lipinski definition) is 1. The topological polar surface area (TPSA) is 94.2 Å². The molecule has 1 aliphatic heterocycles. The van der Waals surface area contributed by atoms with E-state index in [1.165, 1.54) is 0 Å². The van der Waals surface area contributed by atoms with Gasteiger partial charge in [0, 0.05) is 5.69 Å². The number of fused-ring (bicyclic) bond motifs is 1. The van der Waals surface area contributed by atoms with Crippen molar-refractivity contribution in [3.05, 3.63) is 98.5 Å². The van der Waals surface area contributed by atoms with Crippen molar-refractivity contribution in [2.75, 3.05) is 25.6 Å². The summed E-state index contributed by atoms with van der Waals surface area (Å²) in [5.41, 5.74) is 2.26. The van der Waals surface area contributed by atoms with Crippen LogP contribution in [-0.2, 0) is 16.2 Å². The summed E-state index contributed by atoms with van der Waals surface area (Å²) in [5, 5.41) is 4.45. The van der Waals surface area contributed by atoms with E-state index in [2.05, 4.69) is 46.1 Å². The molecular weight excluding hydrogens is 667 g/mol. The van der Waals surface area contributed by atoms with E-state index in [-0.39, 0.29) is 4.91 Å². The van der Waals surface area contributed by atoms with Crippen molar-refractivity contribution in [1.29, 1.82) is 0 Å². The minimum absolute atomic E-state index is 0.222. The van der Waals surface area contributed by atoms with E-state index in [1.54, 1.807) is 43.5 Å². The van der Waals surface area contributed by atoms with Crippen LogP contribution in [0.1, 0.15) is 18.1 Å². The van der Waals surface area contributed by atoms with Gasteiger partial charge in [-0.2, -0.15) is 0 Å². The predicted molar refractivity (Wildman–Crippen MR) is 173 cm³/mol. The maximum Gasteiger partial charge on any atom is 0.294 e. The van der Waals surface area contributed by atoms with E-state index in [1.807, 2.05) is 37.3 Å². The first-order chi connectivity index (χ1) is 20.4. The molecule has 214 valence electrons. The normalized spacial score (nSPS) is 14.0. The molecule has 0 unspecified atom stereocenters. The van der Waals surface area contributed by atoms with Crippen molar-refractivity contribution < 1.29 is 28.6 Å². The molecule has 0 spiro atoms. The highest BCUT2D eigenvalue weighted by molar-refractivity contribution is 14.1. The molecule has 42 heavy (non-hydrogen) atoms. The molecule has 4 aromatic rings. The fourth-order valence-electron chi connectivity index (χ4n) is 4.45. The molecule has 5 rings (SSSR count). The molecule has 1 saturated heterocycles. The van der Waals surface area contributed by atoms with E-state index in [9.17, 15) is 14.4 Å². The highest BCUT2D eigenvalue weighted by Crippen LogP contribution is 2.38. The number of amides is 3. The third-order valence-electron chi connectivity index (χ3n) is 6.43. The Morgan fingerprint density at radius 2 is 1.76 bits per heavy atom. The summed E-state index contributed by atoms with van der Waals surface area (Å²) in [4.78, 5) is 39.5. The standard InChI is InChI=1S/C32H27IN2O6S/c1-3-40-27-16-20(15-26(33)30(27)41-19-22-9-6-8-21-7-4-5-10-25(21)22)17-28-31(37)35(32(38)42-28)18-29(36)34-23-11-13-24(39-2)14-12-23/h4-17H,3,18-19H2,1-2H3,(H,34,36)/b28-17+. The Hall–Kier alpha value is -4.03. The van der Waals surface area contributed by atoms with E-state index < -0.39 is 23.6 Å². The van der Waals surface area contributed by atoms with Gasteiger partial charge in [0.05, 0.1) is 22.2 Å². The largest absolute Gasteiger partial charge is 0.497 e. The Labute approximate surface area is 261 Å². The number of thioether (sulfide) groups is 1. The minimum atomic E-state index is -0.529. The number of methoxy groups -OCH3 is 1. The quantitative estimate of drug-likeness (QED) is 0.140. The van der Waals surface area contributed by atoms with Gasteiger partial charge >= 0.3 is 0 Å². The number of hydrogen-bond acceptors (Lipinski definition) is 7. The average molecular weight is 695 g/mol. The number of nitrogens with zero attached hydrogens (tertiary/aromatic N) is 1. The number of carbonyl (C=O) groups is 3. The molecular formula is C32H27IN2O6S. The SMILES string of the molecule is CCOc1cc(/C=C2/SC(=O)N(CC(=O)Nc3ccc(OC)cc3)C2=O)cc(I)c1OCc1cccc2ccccc12. The van der Waals surface area contributed by atoms with E-state index >= 15 is 0 Å². The number of carbonyl (C=O) groups excluding carboxylic acids is 3. The first kappa shape index (κ1) is 29.5. The lowest BCUT2D eigenvalue weighted by Crippen LogP contribution is -2.36. The minimum Gasteiger partial charge on any atom is -0.497 e. The summed E-state index contributed by atoms with van der Waals surface area (Å²) in [6, 6.07) is 24.7. The van der Waals surface area contributed by atoms with Crippen LogP contribution in [-0.4, -0.2) is 42.2 Å². The Bertz CT molecular complexity index is 1680. The summed E-state index contributed by atoms with van der Waals surface area (Å²) < 4.78 is 18.1. The van der Waals surface area contributed by atoms with Crippen molar-refractivity contribution in [2.24, 2.45) is 0 Å².